The topological polar surface area (TPSA) is 50.5 Å². The van der Waals surface area contributed by atoms with Gasteiger partial charge in [-0.05, 0) is 44.0 Å². The van der Waals surface area contributed by atoms with Crippen molar-refractivity contribution < 1.29 is 14.2 Å². The highest BCUT2D eigenvalue weighted by molar-refractivity contribution is 5.35. The Labute approximate surface area is 141 Å². The van der Waals surface area contributed by atoms with E-state index in [1.54, 1.807) is 23.9 Å². The van der Waals surface area contributed by atoms with E-state index in [9.17, 15) is 9.50 Å². The Morgan fingerprint density at radius 3 is 2.96 bits per heavy atom. The summed E-state index contributed by atoms with van der Waals surface area (Å²) in [4.78, 5) is 2.24. The van der Waals surface area contributed by atoms with Gasteiger partial charge in [0.15, 0.2) is 0 Å². The molecule has 5 nitrogen and oxygen atoms in total. The average molecular weight is 333 g/mol. The molecule has 1 aliphatic rings. The first-order valence-electron chi connectivity index (χ1n) is 8.26. The number of methoxy groups -OCH3 is 1. The van der Waals surface area contributed by atoms with Crippen LogP contribution in [0.3, 0.4) is 0 Å². The summed E-state index contributed by atoms with van der Waals surface area (Å²) in [6.45, 7) is 3.34. The van der Waals surface area contributed by atoms with Gasteiger partial charge in [0.05, 0.1) is 24.5 Å². The van der Waals surface area contributed by atoms with Crippen LogP contribution < -0.4 is 4.74 Å². The van der Waals surface area contributed by atoms with Crippen molar-refractivity contribution in [1.29, 1.82) is 0 Å². The van der Waals surface area contributed by atoms with E-state index in [0.717, 1.165) is 36.5 Å². The van der Waals surface area contributed by atoms with Gasteiger partial charge in [0.2, 0.25) is 5.88 Å². The minimum absolute atomic E-state index is 0.164. The Morgan fingerprint density at radius 2 is 2.25 bits per heavy atom. The molecule has 1 N–H and O–H groups in total. The van der Waals surface area contributed by atoms with Crippen LogP contribution in [0.5, 0.6) is 5.88 Å². The third-order valence-corrected chi connectivity index (χ3v) is 4.75. The normalized spacial score (nSPS) is 19.6. The number of aliphatic hydroxyl groups is 1. The van der Waals surface area contributed by atoms with Crippen molar-refractivity contribution in [3.05, 3.63) is 46.9 Å². The Hall–Kier alpha value is -1.92. The fourth-order valence-electron chi connectivity index (χ4n) is 3.69. The van der Waals surface area contributed by atoms with Gasteiger partial charge in [0, 0.05) is 19.6 Å². The average Bonchev–Trinajstić information content (AvgIpc) is 3.10. The van der Waals surface area contributed by atoms with Crippen LogP contribution in [0, 0.1) is 12.7 Å². The van der Waals surface area contributed by atoms with Crippen LogP contribution in [0.1, 0.15) is 41.8 Å². The quantitative estimate of drug-likeness (QED) is 0.914. The molecule has 3 rings (SSSR count). The molecule has 0 amide bonds. The first kappa shape index (κ1) is 16.9. The van der Waals surface area contributed by atoms with E-state index in [0.29, 0.717) is 12.1 Å². The first-order valence-corrected chi connectivity index (χ1v) is 8.26. The fraction of sp³-hybridized carbons (Fsp3) is 0.500. The number of β-amino-alcohol motifs (C(OH)–C–C–N with tert-alkyl or cyclic N) is 1. The van der Waals surface area contributed by atoms with Gasteiger partial charge in [-0.2, -0.15) is 5.10 Å². The molecule has 1 saturated heterocycles. The van der Waals surface area contributed by atoms with Gasteiger partial charge in [-0.15, -0.1) is 0 Å². The van der Waals surface area contributed by atoms with Gasteiger partial charge >= 0.3 is 0 Å². The monoisotopic (exact) mass is 333 g/mol. The van der Waals surface area contributed by atoms with Crippen LogP contribution >= 0.6 is 0 Å². The Morgan fingerprint density at radius 1 is 1.46 bits per heavy atom. The predicted molar refractivity (Wildman–Crippen MR) is 89.4 cm³/mol. The van der Waals surface area contributed by atoms with Gasteiger partial charge in [-0.3, -0.25) is 4.90 Å². The lowest BCUT2D eigenvalue weighted by Gasteiger charge is -2.27. The van der Waals surface area contributed by atoms with Crippen LogP contribution in [0.15, 0.2) is 24.3 Å². The summed E-state index contributed by atoms with van der Waals surface area (Å²) in [5.74, 6) is 0.443. The number of nitrogens with zero attached hydrogens (tertiary/aromatic N) is 3. The van der Waals surface area contributed by atoms with Crippen LogP contribution in [-0.2, 0) is 7.05 Å². The largest absolute Gasteiger partial charge is 0.481 e. The zero-order valence-electron chi connectivity index (χ0n) is 14.4. The highest BCUT2D eigenvalue weighted by Gasteiger charge is 2.33. The van der Waals surface area contributed by atoms with Crippen LogP contribution in [-0.4, -0.2) is 40.0 Å². The number of hydrogen-bond donors (Lipinski definition) is 1. The zero-order valence-corrected chi connectivity index (χ0v) is 14.4. The van der Waals surface area contributed by atoms with E-state index in [1.807, 2.05) is 14.0 Å². The fourth-order valence-corrected chi connectivity index (χ4v) is 3.69. The molecule has 0 aliphatic carbocycles. The van der Waals surface area contributed by atoms with Gasteiger partial charge in [-0.25, -0.2) is 9.07 Å². The lowest BCUT2D eigenvalue weighted by atomic mass is 10.0. The van der Waals surface area contributed by atoms with Crippen molar-refractivity contribution >= 4 is 0 Å². The molecule has 0 bridgehead atoms. The molecule has 1 aromatic heterocycles. The number of aliphatic hydroxyl groups excluding tert-OH is 1. The zero-order chi connectivity index (χ0) is 17.3. The number of likely N-dealkylation sites (tertiary alicyclic amines) is 1. The predicted octanol–water partition coefficient (Wildman–Crippen LogP) is 2.75. The summed E-state index contributed by atoms with van der Waals surface area (Å²) in [5, 5.41) is 15.0. The molecule has 6 heteroatoms. The van der Waals surface area contributed by atoms with Gasteiger partial charge in [0.25, 0.3) is 0 Å². The number of rotatable bonds is 5. The van der Waals surface area contributed by atoms with Crippen molar-refractivity contribution in [3.8, 4) is 5.88 Å². The summed E-state index contributed by atoms with van der Waals surface area (Å²) < 4.78 is 20.7. The van der Waals surface area contributed by atoms with Crippen molar-refractivity contribution in [2.24, 2.45) is 7.05 Å². The Kier molecular flexibility index (Phi) is 4.87. The Balaban J connectivity index is 1.81. The maximum absolute atomic E-state index is 13.4. The number of aryl methyl sites for hydroxylation is 2. The molecule has 2 atom stereocenters. The molecule has 0 radical (unpaired) electrons. The molecule has 0 unspecified atom stereocenters. The minimum atomic E-state index is -0.718. The van der Waals surface area contributed by atoms with Crippen LogP contribution in [0.25, 0.3) is 0 Å². The van der Waals surface area contributed by atoms with Crippen molar-refractivity contribution in [2.45, 2.75) is 31.9 Å². The second-order valence-corrected chi connectivity index (χ2v) is 6.36. The molecule has 0 saturated carbocycles. The van der Waals surface area contributed by atoms with Gasteiger partial charge in [-0.1, -0.05) is 12.1 Å². The van der Waals surface area contributed by atoms with Crippen LogP contribution in [0.2, 0.25) is 0 Å². The highest BCUT2D eigenvalue weighted by atomic mass is 19.1. The third-order valence-electron chi connectivity index (χ3n) is 4.75. The SMILES string of the molecule is COc1c([C@H]2CCCN2C[C@@H](O)c2cccc(F)c2)c(C)nn1C. The third kappa shape index (κ3) is 3.16. The lowest BCUT2D eigenvalue weighted by molar-refractivity contribution is 0.105. The molecule has 2 heterocycles. The smallest absolute Gasteiger partial charge is 0.216 e. The molecule has 1 fully saturated rings. The summed E-state index contributed by atoms with van der Waals surface area (Å²) >= 11 is 0. The Bertz CT molecular complexity index is 716. The second kappa shape index (κ2) is 6.91. The van der Waals surface area contributed by atoms with E-state index < -0.39 is 6.10 Å². The van der Waals surface area contributed by atoms with E-state index in [4.69, 9.17) is 4.74 Å². The second-order valence-electron chi connectivity index (χ2n) is 6.36. The standard InChI is InChI=1S/C18H24FN3O2/c1-12-17(18(24-3)21(2)20-12)15-8-5-9-22(15)11-16(23)13-6-4-7-14(19)10-13/h4,6-7,10,15-16,23H,5,8-9,11H2,1-3H3/t15-,16-/m1/s1. The van der Waals surface area contributed by atoms with E-state index in [2.05, 4.69) is 10.00 Å². The van der Waals surface area contributed by atoms with Gasteiger partial charge < -0.3 is 9.84 Å². The summed E-state index contributed by atoms with van der Waals surface area (Å²) in [6.07, 6.45) is 1.33. The maximum Gasteiger partial charge on any atom is 0.216 e. The number of ether oxygens (including phenoxy) is 1. The number of halogens is 1. The molecule has 24 heavy (non-hydrogen) atoms. The molecule has 130 valence electrons. The molecule has 1 aliphatic heterocycles. The highest BCUT2D eigenvalue weighted by Crippen LogP contribution is 2.39. The van der Waals surface area contributed by atoms with Crippen molar-refractivity contribution in [1.82, 2.24) is 14.7 Å². The molecule has 1 aromatic carbocycles. The van der Waals surface area contributed by atoms with Gasteiger partial charge in [0.1, 0.15) is 5.82 Å². The maximum atomic E-state index is 13.4. The van der Waals surface area contributed by atoms with Crippen molar-refractivity contribution in [3.63, 3.8) is 0 Å². The molecule has 2 aromatic rings. The van der Waals surface area contributed by atoms with Crippen molar-refractivity contribution in [2.75, 3.05) is 20.2 Å². The first-order chi connectivity index (χ1) is 11.5. The lowest BCUT2D eigenvalue weighted by Crippen LogP contribution is -2.29. The molecular formula is C18H24FN3O2. The molecule has 0 spiro atoms. The summed E-state index contributed by atoms with van der Waals surface area (Å²) in [5.41, 5.74) is 2.64. The number of benzene rings is 1. The van der Waals surface area contributed by atoms with E-state index in [1.165, 1.54) is 12.1 Å². The van der Waals surface area contributed by atoms with Crippen LogP contribution in [0.4, 0.5) is 4.39 Å². The number of hydrogen-bond acceptors (Lipinski definition) is 4. The summed E-state index contributed by atoms with van der Waals surface area (Å²) in [6, 6.07) is 6.33. The molecular weight excluding hydrogens is 309 g/mol. The van der Waals surface area contributed by atoms with E-state index >= 15 is 0 Å². The number of aromatic nitrogens is 2. The van der Waals surface area contributed by atoms with E-state index in [-0.39, 0.29) is 11.9 Å². The summed E-state index contributed by atoms with van der Waals surface area (Å²) in [7, 11) is 3.52. The minimum Gasteiger partial charge on any atom is -0.481 e.